The topological polar surface area (TPSA) is 64.0 Å². The van der Waals surface area contributed by atoms with Crippen molar-refractivity contribution in [2.45, 2.75) is 50.7 Å². The first kappa shape index (κ1) is 19.4. The summed E-state index contributed by atoms with van der Waals surface area (Å²) in [6, 6.07) is 5.49. The van der Waals surface area contributed by atoms with E-state index in [0.29, 0.717) is 28.5 Å². The average Bonchev–Trinajstić information content (AvgIpc) is 2.66. The minimum absolute atomic E-state index is 0.00776. The largest absolute Gasteiger partial charge is 0.355 e. The van der Waals surface area contributed by atoms with Gasteiger partial charge in [0.15, 0.2) is 5.16 Å². The van der Waals surface area contributed by atoms with Crippen LogP contribution in [0.4, 0.5) is 0 Å². The highest BCUT2D eigenvalue weighted by Gasteiger charge is 2.16. The molecule has 1 fully saturated rings. The molecule has 0 saturated heterocycles. The third-order valence-electron chi connectivity index (χ3n) is 4.84. The quantitative estimate of drug-likeness (QED) is 0.548. The van der Waals surface area contributed by atoms with Crippen LogP contribution in [-0.2, 0) is 11.3 Å². The number of nitrogens with zero attached hydrogens (tertiary/aromatic N) is 2. The van der Waals surface area contributed by atoms with E-state index >= 15 is 0 Å². The van der Waals surface area contributed by atoms with Crippen LogP contribution in [0.1, 0.15) is 39.0 Å². The van der Waals surface area contributed by atoms with E-state index in [4.69, 9.17) is 0 Å². The van der Waals surface area contributed by atoms with Gasteiger partial charge in [-0.2, -0.15) is 0 Å². The van der Waals surface area contributed by atoms with Crippen LogP contribution in [-0.4, -0.2) is 27.8 Å². The highest BCUT2D eigenvalue weighted by molar-refractivity contribution is 9.10. The lowest BCUT2D eigenvalue weighted by Gasteiger charge is -2.21. The van der Waals surface area contributed by atoms with Crippen LogP contribution in [0.25, 0.3) is 10.9 Å². The molecule has 0 unspecified atom stereocenters. The third-order valence-corrected chi connectivity index (χ3v) is 6.31. The van der Waals surface area contributed by atoms with E-state index in [1.165, 1.54) is 43.9 Å². The molecule has 1 aromatic carbocycles. The third kappa shape index (κ3) is 4.68. The van der Waals surface area contributed by atoms with Crippen LogP contribution in [0.5, 0.6) is 0 Å². The van der Waals surface area contributed by atoms with Crippen LogP contribution in [0, 0.1) is 5.92 Å². The van der Waals surface area contributed by atoms with E-state index in [0.717, 1.165) is 11.0 Å². The van der Waals surface area contributed by atoms with Crippen LogP contribution in [0.2, 0.25) is 0 Å². The van der Waals surface area contributed by atoms with E-state index in [9.17, 15) is 9.59 Å². The number of hydrogen-bond donors (Lipinski definition) is 1. The zero-order valence-corrected chi connectivity index (χ0v) is 17.4. The van der Waals surface area contributed by atoms with Gasteiger partial charge >= 0.3 is 0 Å². The lowest BCUT2D eigenvalue weighted by Crippen LogP contribution is -2.31. The van der Waals surface area contributed by atoms with Crippen molar-refractivity contribution in [2.75, 3.05) is 12.3 Å². The first-order valence-electron chi connectivity index (χ1n) is 9.18. The van der Waals surface area contributed by atoms with Crippen molar-refractivity contribution in [1.29, 1.82) is 0 Å². The Bertz CT molecular complexity index is 847. The number of fused-ring (bicyclic) bond motifs is 1. The minimum atomic E-state index is -0.0658. The minimum Gasteiger partial charge on any atom is -0.355 e. The van der Waals surface area contributed by atoms with Crippen LogP contribution in [0.15, 0.2) is 32.6 Å². The van der Waals surface area contributed by atoms with Crippen LogP contribution >= 0.6 is 27.7 Å². The molecular formula is C19H24BrN3O2S. The molecule has 2 aromatic rings. The van der Waals surface area contributed by atoms with Crippen LogP contribution in [0.3, 0.4) is 0 Å². The SMILES string of the molecule is CCn1c(SCC(=O)NCC2CCCCC2)nc2ccc(Br)cc2c1=O. The molecule has 0 atom stereocenters. The second kappa shape index (κ2) is 9.04. The normalized spacial score (nSPS) is 15.3. The molecule has 1 amide bonds. The Hall–Kier alpha value is -1.34. The summed E-state index contributed by atoms with van der Waals surface area (Å²) in [4.78, 5) is 29.5. The second-order valence-corrected chi connectivity index (χ2v) is 8.56. The summed E-state index contributed by atoms with van der Waals surface area (Å²) in [5, 5.41) is 4.23. The van der Waals surface area contributed by atoms with E-state index < -0.39 is 0 Å². The van der Waals surface area contributed by atoms with Gasteiger partial charge in [0.25, 0.3) is 5.56 Å². The summed E-state index contributed by atoms with van der Waals surface area (Å²) < 4.78 is 2.49. The zero-order chi connectivity index (χ0) is 18.5. The molecule has 0 aliphatic heterocycles. The summed E-state index contributed by atoms with van der Waals surface area (Å²) in [6.07, 6.45) is 6.29. The lowest BCUT2D eigenvalue weighted by atomic mass is 9.89. The fourth-order valence-electron chi connectivity index (χ4n) is 3.39. The fourth-order valence-corrected chi connectivity index (χ4v) is 4.65. The summed E-state index contributed by atoms with van der Waals surface area (Å²) in [5.41, 5.74) is 0.594. The van der Waals surface area contributed by atoms with Crippen molar-refractivity contribution in [1.82, 2.24) is 14.9 Å². The number of carbonyl (C=O) groups excluding carboxylic acids is 1. The van der Waals surface area contributed by atoms with Crippen molar-refractivity contribution < 1.29 is 4.79 Å². The molecular weight excluding hydrogens is 414 g/mol. The van der Waals surface area contributed by atoms with Crippen molar-refractivity contribution in [3.05, 3.63) is 33.0 Å². The number of hydrogen-bond acceptors (Lipinski definition) is 4. The van der Waals surface area contributed by atoms with E-state index in [1.54, 1.807) is 10.6 Å². The molecule has 1 aromatic heterocycles. The van der Waals surface area contributed by atoms with E-state index in [2.05, 4.69) is 26.2 Å². The molecule has 0 radical (unpaired) electrons. The number of aromatic nitrogens is 2. The van der Waals surface area contributed by atoms with Gasteiger partial charge in [0.2, 0.25) is 5.91 Å². The molecule has 7 heteroatoms. The molecule has 1 heterocycles. The Morgan fingerprint density at radius 3 is 2.85 bits per heavy atom. The van der Waals surface area contributed by atoms with Gasteiger partial charge in [0, 0.05) is 17.6 Å². The Kier molecular flexibility index (Phi) is 6.75. The van der Waals surface area contributed by atoms with E-state index in [-0.39, 0.29) is 17.2 Å². The Morgan fingerprint density at radius 2 is 2.12 bits per heavy atom. The standard InChI is InChI=1S/C19H24BrN3O2S/c1-2-23-18(25)15-10-14(20)8-9-16(15)22-19(23)26-12-17(24)21-11-13-6-4-3-5-7-13/h8-10,13H,2-7,11-12H2,1H3,(H,21,24). The number of nitrogens with one attached hydrogen (secondary N) is 1. The maximum atomic E-state index is 12.7. The van der Waals surface area contributed by atoms with Gasteiger partial charge in [-0.25, -0.2) is 4.98 Å². The zero-order valence-electron chi connectivity index (χ0n) is 15.0. The van der Waals surface area contributed by atoms with Gasteiger partial charge in [-0.05, 0) is 43.9 Å². The van der Waals surface area contributed by atoms with Gasteiger partial charge in [-0.1, -0.05) is 47.0 Å². The molecule has 1 saturated carbocycles. The Morgan fingerprint density at radius 1 is 1.35 bits per heavy atom. The monoisotopic (exact) mass is 437 g/mol. The van der Waals surface area contributed by atoms with Crippen molar-refractivity contribution >= 4 is 44.5 Å². The Balaban J connectivity index is 1.67. The molecule has 1 N–H and O–H groups in total. The van der Waals surface area contributed by atoms with Gasteiger partial charge in [0.05, 0.1) is 16.7 Å². The van der Waals surface area contributed by atoms with Gasteiger partial charge in [-0.3, -0.25) is 14.2 Å². The van der Waals surface area contributed by atoms with Crippen molar-refractivity contribution in [3.8, 4) is 0 Å². The predicted molar refractivity (Wildman–Crippen MR) is 110 cm³/mol. The molecule has 1 aliphatic carbocycles. The maximum Gasteiger partial charge on any atom is 0.262 e. The first-order chi connectivity index (χ1) is 12.6. The molecule has 1 aliphatic rings. The molecule has 0 bridgehead atoms. The fraction of sp³-hybridized carbons (Fsp3) is 0.526. The summed E-state index contributed by atoms with van der Waals surface area (Å²) in [6.45, 7) is 3.21. The molecule has 26 heavy (non-hydrogen) atoms. The highest BCUT2D eigenvalue weighted by Crippen LogP contribution is 2.23. The second-order valence-electron chi connectivity index (χ2n) is 6.70. The smallest absolute Gasteiger partial charge is 0.262 e. The van der Waals surface area contributed by atoms with Gasteiger partial charge in [-0.15, -0.1) is 0 Å². The number of carbonyl (C=O) groups is 1. The first-order valence-corrected chi connectivity index (χ1v) is 11.0. The summed E-state index contributed by atoms with van der Waals surface area (Å²) in [7, 11) is 0. The Labute approximate surface area is 166 Å². The maximum absolute atomic E-state index is 12.7. The van der Waals surface area contributed by atoms with Crippen molar-refractivity contribution in [2.24, 2.45) is 5.92 Å². The molecule has 140 valence electrons. The molecule has 3 rings (SSSR count). The number of thioether (sulfide) groups is 1. The summed E-state index contributed by atoms with van der Waals surface area (Å²) >= 11 is 4.72. The number of halogens is 1. The molecule has 5 nitrogen and oxygen atoms in total. The summed E-state index contributed by atoms with van der Waals surface area (Å²) in [5.74, 6) is 0.901. The van der Waals surface area contributed by atoms with Crippen LogP contribution < -0.4 is 10.9 Å². The van der Waals surface area contributed by atoms with E-state index in [1.807, 2.05) is 19.1 Å². The molecule has 0 spiro atoms. The average molecular weight is 438 g/mol. The lowest BCUT2D eigenvalue weighted by molar-refractivity contribution is -0.118. The van der Waals surface area contributed by atoms with Gasteiger partial charge < -0.3 is 5.32 Å². The predicted octanol–water partition coefficient (Wildman–Crippen LogP) is 3.97. The van der Waals surface area contributed by atoms with Gasteiger partial charge in [0.1, 0.15) is 0 Å². The highest BCUT2D eigenvalue weighted by atomic mass is 79.9. The number of benzene rings is 1. The number of rotatable bonds is 6. The van der Waals surface area contributed by atoms with Crippen molar-refractivity contribution in [3.63, 3.8) is 0 Å². The number of amides is 1.